The van der Waals surface area contributed by atoms with Crippen LogP contribution in [-0.2, 0) is 14.8 Å². The summed E-state index contributed by atoms with van der Waals surface area (Å²) < 4.78 is 25.9. The van der Waals surface area contributed by atoms with Crippen LogP contribution in [0.15, 0.2) is 0 Å². The fourth-order valence-electron chi connectivity index (χ4n) is 1.80. The Hall–Kier alpha value is -0.310. The van der Waals surface area contributed by atoms with E-state index in [2.05, 4.69) is 4.72 Å². The highest BCUT2D eigenvalue weighted by Gasteiger charge is 2.29. The number of likely N-dealkylation sites (N-methyl/N-ethyl adjacent to an activating group) is 1. The highest BCUT2D eigenvalue weighted by Crippen LogP contribution is 2.10. The molecule has 0 saturated carbocycles. The molecule has 8 heteroatoms. The molecule has 2 N–H and O–H groups in total. The molecule has 0 fully saturated rings. The summed E-state index contributed by atoms with van der Waals surface area (Å²) in [6.07, 6.45) is 2.34. The maximum atomic E-state index is 12.5. The van der Waals surface area contributed by atoms with Crippen molar-refractivity contribution in [1.82, 2.24) is 9.62 Å². The summed E-state index contributed by atoms with van der Waals surface area (Å²) >= 11 is 1.56. The van der Waals surface area contributed by atoms with E-state index in [1.165, 1.54) is 11.8 Å². The highest BCUT2D eigenvalue weighted by molar-refractivity contribution is 7.98. The molecule has 0 aliphatic rings. The quantitative estimate of drug-likeness (QED) is 0.610. The van der Waals surface area contributed by atoms with Crippen LogP contribution in [0.1, 0.15) is 34.1 Å². The molecule has 1 amide bonds. The van der Waals surface area contributed by atoms with Gasteiger partial charge in [-0.1, -0.05) is 0 Å². The fraction of sp³-hybridized carbons (Fsp3) is 0.923. The topological polar surface area (TPSA) is 86.7 Å². The van der Waals surface area contributed by atoms with Gasteiger partial charge in [-0.2, -0.15) is 11.8 Å². The molecule has 0 aromatic carbocycles. The Morgan fingerprint density at radius 3 is 2.33 bits per heavy atom. The van der Waals surface area contributed by atoms with E-state index in [4.69, 9.17) is 0 Å². The Morgan fingerprint density at radius 2 is 1.95 bits per heavy atom. The standard InChI is InChI=1S/C13H28N2O4S2/c1-6-15(10-13(3,4)17)12(16)11(8-9-20-5)14-21(18,19)7-2/h11,14,17H,6-10H2,1-5H3. The molecule has 21 heavy (non-hydrogen) atoms. The van der Waals surface area contributed by atoms with E-state index in [0.29, 0.717) is 18.7 Å². The molecule has 1 atom stereocenters. The normalized spacial score (nSPS) is 14.0. The molecule has 126 valence electrons. The summed E-state index contributed by atoms with van der Waals surface area (Å²) in [4.78, 5) is 14.0. The van der Waals surface area contributed by atoms with Crippen molar-refractivity contribution in [2.75, 3.05) is 30.9 Å². The van der Waals surface area contributed by atoms with Gasteiger partial charge in [-0.15, -0.1) is 0 Å². The average molecular weight is 341 g/mol. The van der Waals surface area contributed by atoms with Crippen molar-refractivity contribution in [3.63, 3.8) is 0 Å². The van der Waals surface area contributed by atoms with Gasteiger partial charge in [0.2, 0.25) is 15.9 Å². The average Bonchev–Trinajstić information content (AvgIpc) is 2.39. The Bertz CT molecular complexity index is 418. The first-order valence-corrected chi connectivity index (χ1v) is 10.1. The van der Waals surface area contributed by atoms with Crippen LogP contribution in [0.4, 0.5) is 0 Å². The van der Waals surface area contributed by atoms with Crippen LogP contribution in [-0.4, -0.2) is 66.8 Å². The van der Waals surface area contributed by atoms with Crippen molar-refractivity contribution in [2.45, 2.75) is 45.8 Å². The predicted molar refractivity (Wildman–Crippen MR) is 87.9 cm³/mol. The van der Waals surface area contributed by atoms with Crippen molar-refractivity contribution >= 4 is 27.7 Å². The number of carbonyl (C=O) groups is 1. The van der Waals surface area contributed by atoms with Crippen LogP contribution < -0.4 is 4.72 Å². The monoisotopic (exact) mass is 340 g/mol. The van der Waals surface area contributed by atoms with Crippen molar-refractivity contribution in [3.8, 4) is 0 Å². The minimum absolute atomic E-state index is 0.0618. The maximum Gasteiger partial charge on any atom is 0.240 e. The zero-order chi connectivity index (χ0) is 16.7. The first-order chi connectivity index (χ1) is 9.56. The van der Waals surface area contributed by atoms with E-state index in [9.17, 15) is 18.3 Å². The molecule has 0 bridgehead atoms. The number of nitrogens with one attached hydrogen (secondary N) is 1. The Morgan fingerprint density at radius 1 is 1.38 bits per heavy atom. The van der Waals surface area contributed by atoms with Gasteiger partial charge < -0.3 is 10.0 Å². The van der Waals surface area contributed by atoms with Gasteiger partial charge in [-0.05, 0) is 46.1 Å². The second-order valence-electron chi connectivity index (χ2n) is 5.52. The van der Waals surface area contributed by atoms with E-state index < -0.39 is 21.7 Å². The summed E-state index contributed by atoms with van der Waals surface area (Å²) in [5.41, 5.74) is -1.01. The zero-order valence-electron chi connectivity index (χ0n) is 13.5. The summed E-state index contributed by atoms with van der Waals surface area (Å²) in [7, 11) is -3.45. The highest BCUT2D eigenvalue weighted by atomic mass is 32.2. The van der Waals surface area contributed by atoms with E-state index >= 15 is 0 Å². The van der Waals surface area contributed by atoms with Gasteiger partial charge >= 0.3 is 0 Å². The van der Waals surface area contributed by atoms with Crippen LogP contribution in [0.25, 0.3) is 0 Å². The fourth-order valence-corrected chi connectivity index (χ4v) is 3.09. The lowest BCUT2D eigenvalue weighted by Crippen LogP contribution is -2.52. The lowest BCUT2D eigenvalue weighted by Gasteiger charge is -2.31. The smallest absolute Gasteiger partial charge is 0.240 e. The van der Waals surface area contributed by atoms with Gasteiger partial charge in [0.1, 0.15) is 6.04 Å². The number of aliphatic hydroxyl groups is 1. The third kappa shape index (κ3) is 8.65. The first-order valence-electron chi connectivity index (χ1n) is 7.06. The molecule has 6 nitrogen and oxygen atoms in total. The second-order valence-corrected chi connectivity index (χ2v) is 8.55. The Kier molecular flexibility index (Phi) is 8.84. The lowest BCUT2D eigenvalue weighted by molar-refractivity contribution is -0.135. The number of thioether (sulfide) groups is 1. The largest absolute Gasteiger partial charge is 0.389 e. The zero-order valence-corrected chi connectivity index (χ0v) is 15.2. The second kappa shape index (κ2) is 8.97. The van der Waals surface area contributed by atoms with E-state index in [1.807, 2.05) is 13.2 Å². The van der Waals surface area contributed by atoms with Crippen molar-refractivity contribution < 1.29 is 18.3 Å². The number of sulfonamides is 1. The third-order valence-electron chi connectivity index (χ3n) is 2.88. The molecule has 0 aliphatic heterocycles. The molecule has 0 rings (SSSR count). The van der Waals surface area contributed by atoms with Crippen LogP contribution in [0, 0.1) is 0 Å². The number of hydrogen-bond acceptors (Lipinski definition) is 5. The van der Waals surface area contributed by atoms with Crippen LogP contribution in [0.2, 0.25) is 0 Å². The number of nitrogens with zero attached hydrogens (tertiary/aromatic N) is 1. The molecule has 0 spiro atoms. The number of amides is 1. The van der Waals surface area contributed by atoms with Gasteiger partial charge in [-0.3, -0.25) is 4.79 Å². The van der Waals surface area contributed by atoms with Gasteiger partial charge in [-0.25, -0.2) is 13.1 Å². The Balaban J connectivity index is 5.07. The molecular weight excluding hydrogens is 312 g/mol. The molecule has 0 aromatic heterocycles. The predicted octanol–water partition coefficient (Wildman–Crippen LogP) is 0.667. The Labute approximate surface area is 132 Å². The van der Waals surface area contributed by atoms with Crippen molar-refractivity contribution in [1.29, 1.82) is 0 Å². The summed E-state index contributed by atoms with van der Waals surface area (Å²) in [6.45, 7) is 7.18. The van der Waals surface area contributed by atoms with Crippen molar-refractivity contribution in [3.05, 3.63) is 0 Å². The molecule has 0 aliphatic carbocycles. The number of carbonyl (C=O) groups excluding carboxylic acids is 1. The number of rotatable bonds is 10. The minimum Gasteiger partial charge on any atom is -0.389 e. The van der Waals surface area contributed by atoms with Gasteiger partial charge in [0, 0.05) is 13.1 Å². The molecule has 0 aromatic rings. The molecule has 0 saturated heterocycles. The lowest BCUT2D eigenvalue weighted by atomic mass is 10.1. The summed E-state index contributed by atoms with van der Waals surface area (Å²) in [6, 6.07) is -0.773. The third-order valence-corrected chi connectivity index (χ3v) is 4.93. The SMILES string of the molecule is CCN(CC(C)(C)O)C(=O)C(CCSC)NS(=O)(=O)CC. The summed E-state index contributed by atoms with van der Waals surface area (Å²) in [5, 5.41) is 9.87. The van der Waals surface area contributed by atoms with E-state index in [0.717, 1.165) is 0 Å². The maximum absolute atomic E-state index is 12.5. The van der Waals surface area contributed by atoms with Gasteiger partial charge in [0.05, 0.1) is 11.4 Å². The minimum atomic E-state index is -3.45. The number of hydrogen-bond donors (Lipinski definition) is 2. The van der Waals surface area contributed by atoms with Crippen LogP contribution >= 0.6 is 11.8 Å². The molecular formula is C13H28N2O4S2. The van der Waals surface area contributed by atoms with E-state index in [1.54, 1.807) is 25.6 Å². The molecule has 0 radical (unpaired) electrons. The first kappa shape index (κ1) is 20.7. The molecule has 1 unspecified atom stereocenters. The van der Waals surface area contributed by atoms with Gasteiger partial charge in [0.25, 0.3) is 0 Å². The summed E-state index contributed by atoms with van der Waals surface area (Å²) in [5.74, 6) is 0.335. The van der Waals surface area contributed by atoms with Crippen LogP contribution in [0.5, 0.6) is 0 Å². The molecule has 0 heterocycles. The van der Waals surface area contributed by atoms with Crippen LogP contribution in [0.3, 0.4) is 0 Å². The van der Waals surface area contributed by atoms with E-state index in [-0.39, 0.29) is 18.2 Å². The van der Waals surface area contributed by atoms with Gasteiger partial charge in [0.15, 0.2) is 0 Å². The van der Waals surface area contributed by atoms with Crippen molar-refractivity contribution in [2.24, 2.45) is 0 Å².